The lowest BCUT2D eigenvalue weighted by molar-refractivity contribution is 0.647. The van der Waals surface area contributed by atoms with E-state index < -0.39 is 0 Å². The van der Waals surface area contributed by atoms with Crippen LogP contribution in [0.5, 0.6) is 0 Å². The largest absolute Gasteiger partial charge is 0.306 e. The van der Waals surface area contributed by atoms with E-state index in [9.17, 15) is 0 Å². The van der Waals surface area contributed by atoms with E-state index in [2.05, 4.69) is 68.8 Å². The van der Waals surface area contributed by atoms with Gasteiger partial charge in [0.15, 0.2) is 5.16 Å². The lowest BCUT2D eigenvalue weighted by atomic mass is 10.2. The fraction of sp³-hybridized carbons (Fsp3) is 0.385. The second-order valence-electron chi connectivity index (χ2n) is 3.91. The maximum atomic E-state index is 4.26. The first-order valence-corrected chi connectivity index (χ1v) is 7.81. The summed E-state index contributed by atoms with van der Waals surface area (Å²) in [5.41, 5.74) is 1.30. The van der Waals surface area contributed by atoms with Gasteiger partial charge in [-0.3, -0.25) is 0 Å². The Hall–Kier alpha value is -0.810. The molecule has 0 aliphatic rings. The average Bonchev–Trinajstić information content (AvgIpc) is 2.80. The van der Waals surface area contributed by atoms with E-state index in [1.54, 1.807) is 11.8 Å². The number of hydrogen-bond acceptors (Lipinski definition) is 3. The zero-order chi connectivity index (χ0) is 13.0. The minimum absolute atomic E-state index is 0.926. The summed E-state index contributed by atoms with van der Waals surface area (Å²) in [7, 11) is 0. The molecule has 96 valence electrons. The molecular formula is C13H16BrN3S. The van der Waals surface area contributed by atoms with Crippen molar-refractivity contribution in [2.45, 2.75) is 37.7 Å². The standard InChI is InChI=1S/C13H16BrN3S/c1-3-12-15-16-13(17(12)4-2)18-9-10-5-7-11(14)8-6-10/h5-8H,3-4,9H2,1-2H3. The van der Waals surface area contributed by atoms with Crippen LogP contribution in [0.4, 0.5) is 0 Å². The highest BCUT2D eigenvalue weighted by atomic mass is 79.9. The van der Waals surface area contributed by atoms with Crippen LogP contribution in [0.3, 0.4) is 0 Å². The summed E-state index contributed by atoms with van der Waals surface area (Å²) in [6.45, 7) is 5.17. The maximum Gasteiger partial charge on any atom is 0.191 e. The lowest BCUT2D eigenvalue weighted by Gasteiger charge is -2.05. The van der Waals surface area contributed by atoms with E-state index in [0.29, 0.717) is 0 Å². The Morgan fingerprint density at radius 1 is 1.17 bits per heavy atom. The summed E-state index contributed by atoms with van der Waals surface area (Å²) in [6.07, 6.45) is 0.930. The van der Waals surface area contributed by atoms with Crippen molar-refractivity contribution in [2.24, 2.45) is 0 Å². The Kier molecular flexibility index (Phi) is 4.83. The molecule has 2 rings (SSSR count). The molecule has 0 aliphatic heterocycles. The Morgan fingerprint density at radius 3 is 2.50 bits per heavy atom. The Balaban J connectivity index is 2.06. The monoisotopic (exact) mass is 325 g/mol. The molecule has 0 saturated carbocycles. The Labute approximate surface area is 120 Å². The van der Waals surface area contributed by atoms with Crippen molar-refractivity contribution in [3.05, 3.63) is 40.1 Å². The van der Waals surface area contributed by atoms with Crippen LogP contribution in [-0.4, -0.2) is 14.8 Å². The molecule has 0 unspecified atom stereocenters. The van der Waals surface area contributed by atoms with Crippen molar-refractivity contribution >= 4 is 27.7 Å². The summed E-state index contributed by atoms with van der Waals surface area (Å²) < 4.78 is 3.30. The van der Waals surface area contributed by atoms with Crippen LogP contribution in [0.2, 0.25) is 0 Å². The van der Waals surface area contributed by atoms with Crippen LogP contribution in [0.1, 0.15) is 25.2 Å². The van der Waals surface area contributed by atoms with Gasteiger partial charge in [-0.25, -0.2) is 0 Å². The zero-order valence-electron chi connectivity index (χ0n) is 10.6. The fourth-order valence-corrected chi connectivity index (χ4v) is 2.97. The second kappa shape index (κ2) is 6.38. The van der Waals surface area contributed by atoms with Crippen LogP contribution in [-0.2, 0) is 18.7 Å². The number of halogens is 1. The highest BCUT2D eigenvalue weighted by molar-refractivity contribution is 9.10. The molecule has 0 aliphatic carbocycles. The van der Waals surface area contributed by atoms with Gasteiger partial charge in [0.2, 0.25) is 0 Å². The minimum Gasteiger partial charge on any atom is -0.306 e. The van der Waals surface area contributed by atoms with E-state index in [4.69, 9.17) is 0 Å². The minimum atomic E-state index is 0.926. The van der Waals surface area contributed by atoms with Crippen molar-refractivity contribution in [2.75, 3.05) is 0 Å². The molecule has 1 aromatic heterocycles. The zero-order valence-corrected chi connectivity index (χ0v) is 13.0. The maximum absolute atomic E-state index is 4.26. The molecule has 3 nitrogen and oxygen atoms in total. The van der Waals surface area contributed by atoms with Gasteiger partial charge in [-0.1, -0.05) is 46.7 Å². The van der Waals surface area contributed by atoms with Crippen LogP contribution in [0.15, 0.2) is 33.9 Å². The van der Waals surface area contributed by atoms with E-state index in [0.717, 1.165) is 34.2 Å². The first-order chi connectivity index (χ1) is 8.74. The smallest absolute Gasteiger partial charge is 0.191 e. The number of nitrogens with zero attached hydrogens (tertiary/aromatic N) is 3. The number of aromatic nitrogens is 3. The predicted octanol–water partition coefficient (Wildman–Crippen LogP) is 3.92. The van der Waals surface area contributed by atoms with Gasteiger partial charge in [-0.05, 0) is 24.6 Å². The highest BCUT2D eigenvalue weighted by Crippen LogP contribution is 2.23. The molecule has 1 heterocycles. The summed E-state index contributed by atoms with van der Waals surface area (Å²) in [4.78, 5) is 0. The normalized spacial score (nSPS) is 10.8. The van der Waals surface area contributed by atoms with Gasteiger partial charge < -0.3 is 4.57 Å². The van der Waals surface area contributed by atoms with Gasteiger partial charge >= 0.3 is 0 Å². The van der Waals surface area contributed by atoms with E-state index in [-0.39, 0.29) is 0 Å². The van der Waals surface area contributed by atoms with Crippen LogP contribution in [0, 0.1) is 0 Å². The molecule has 1 aromatic carbocycles. The molecule has 0 atom stereocenters. The number of thioether (sulfide) groups is 1. The van der Waals surface area contributed by atoms with Crippen molar-refractivity contribution in [3.63, 3.8) is 0 Å². The molecule has 5 heteroatoms. The molecule has 18 heavy (non-hydrogen) atoms. The highest BCUT2D eigenvalue weighted by Gasteiger charge is 2.09. The summed E-state index contributed by atoms with van der Waals surface area (Å²) in [6, 6.07) is 8.39. The number of benzene rings is 1. The van der Waals surface area contributed by atoms with Gasteiger partial charge in [-0.15, -0.1) is 10.2 Å². The van der Waals surface area contributed by atoms with Gasteiger partial charge in [0.1, 0.15) is 5.82 Å². The Morgan fingerprint density at radius 2 is 1.89 bits per heavy atom. The molecule has 0 bridgehead atoms. The Bertz CT molecular complexity index is 507. The van der Waals surface area contributed by atoms with Gasteiger partial charge in [0.05, 0.1) is 0 Å². The van der Waals surface area contributed by atoms with Crippen molar-refractivity contribution in [1.29, 1.82) is 0 Å². The van der Waals surface area contributed by atoms with Crippen LogP contribution < -0.4 is 0 Å². The van der Waals surface area contributed by atoms with E-state index >= 15 is 0 Å². The number of aryl methyl sites for hydroxylation is 1. The molecule has 0 spiro atoms. The summed E-state index contributed by atoms with van der Waals surface area (Å²) >= 11 is 5.18. The average molecular weight is 326 g/mol. The molecule has 0 saturated heterocycles. The summed E-state index contributed by atoms with van der Waals surface area (Å²) in [5.74, 6) is 1.99. The van der Waals surface area contributed by atoms with Crippen molar-refractivity contribution in [1.82, 2.24) is 14.8 Å². The number of hydrogen-bond donors (Lipinski definition) is 0. The third-order valence-electron chi connectivity index (χ3n) is 2.71. The van der Waals surface area contributed by atoms with Crippen LogP contribution in [0.25, 0.3) is 0 Å². The van der Waals surface area contributed by atoms with Gasteiger partial charge in [0.25, 0.3) is 0 Å². The lowest BCUT2D eigenvalue weighted by Crippen LogP contribution is -2.01. The number of rotatable bonds is 5. The molecule has 0 fully saturated rings. The van der Waals surface area contributed by atoms with Gasteiger partial charge in [0, 0.05) is 23.2 Å². The fourth-order valence-electron chi connectivity index (χ4n) is 1.73. The van der Waals surface area contributed by atoms with E-state index in [1.807, 2.05) is 0 Å². The first-order valence-electron chi connectivity index (χ1n) is 6.04. The van der Waals surface area contributed by atoms with E-state index in [1.165, 1.54) is 5.56 Å². The van der Waals surface area contributed by atoms with Gasteiger partial charge in [-0.2, -0.15) is 0 Å². The van der Waals surface area contributed by atoms with Crippen molar-refractivity contribution < 1.29 is 0 Å². The second-order valence-corrected chi connectivity index (χ2v) is 5.77. The van der Waals surface area contributed by atoms with Crippen molar-refractivity contribution in [3.8, 4) is 0 Å². The molecular weight excluding hydrogens is 310 g/mol. The molecule has 2 aromatic rings. The predicted molar refractivity (Wildman–Crippen MR) is 78.8 cm³/mol. The quantitative estimate of drug-likeness (QED) is 0.781. The third kappa shape index (κ3) is 3.14. The van der Waals surface area contributed by atoms with Crippen LogP contribution >= 0.6 is 27.7 Å². The first kappa shape index (κ1) is 13.6. The molecule has 0 N–H and O–H groups in total. The molecule has 0 radical (unpaired) electrons. The third-order valence-corrected chi connectivity index (χ3v) is 4.27. The SMILES string of the molecule is CCc1nnc(SCc2ccc(Br)cc2)n1CC. The topological polar surface area (TPSA) is 30.7 Å². The molecule has 0 amide bonds. The summed E-state index contributed by atoms with van der Waals surface area (Å²) in [5, 5.41) is 9.48.